The molecule has 56 heavy (non-hydrogen) atoms. The van der Waals surface area contributed by atoms with Gasteiger partial charge in [-0.2, -0.15) is 0 Å². The number of rotatable bonds is 16. The first-order valence-corrected chi connectivity index (χ1v) is 20.6. The van der Waals surface area contributed by atoms with Crippen molar-refractivity contribution < 1.29 is 42.9 Å². The van der Waals surface area contributed by atoms with Crippen molar-refractivity contribution in [3.05, 3.63) is 110 Å². The highest BCUT2D eigenvalue weighted by molar-refractivity contribution is 9.11. The summed E-state index contributed by atoms with van der Waals surface area (Å²) in [6, 6.07) is 12.7. The lowest BCUT2D eigenvalue weighted by Gasteiger charge is -2.16. The lowest BCUT2D eigenvalue weighted by Crippen LogP contribution is -2.29. The number of carbonyl (C=O) groups is 3. The van der Waals surface area contributed by atoms with E-state index >= 15 is 0 Å². The van der Waals surface area contributed by atoms with Crippen LogP contribution in [0.4, 0.5) is 20.2 Å². The number of aryl methyl sites for hydroxylation is 1. The zero-order valence-corrected chi connectivity index (χ0v) is 38.1. The van der Waals surface area contributed by atoms with Crippen molar-refractivity contribution >= 4 is 116 Å². The summed E-state index contributed by atoms with van der Waals surface area (Å²) in [6.07, 6.45) is 0.443. The fourth-order valence-corrected chi connectivity index (χ4v) is 8.27. The molecule has 0 aliphatic carbocycles. The predicted molar refractivity (Wildman–Crippen MR) is 229 cm³/mol. The third kappa shape index (κ3) is 14.7. The smallest absolute Gasteiger partial charge is 0.322 e. The summed E-state index contributed by atoms with van der Waals surface area (Å²) in [5.74, 6) is -2.55. The molecule has 0 bridgehead atoms. The van der Waals surface area contributed by atoms with Crippen LogP contribution in [-0.4, -0.2) is 46.7 Å². The number of benzene rings is 4. The van der Waals surface area contributed by atoms with Crippen LogP contribution >= 0.6 is 86.9 Å². The molecule has 0 radical (unpaired) electrons. The van der Waals surface area contributed by atoms with Crippen LogP contribution in [0, 0.1) is 11.6 Å². The van der Waals surface area contributed by atoms with Crippen LogP contribution in [-0.2, 0) is 29.2 Å². The highest BCUT2D eigenvalue weighted by Gasteiger charge is 2.18. The summed E-state index contributed by atoms with van der Waals surface area (Å²) in [6.45, 7) is 7.00. The van der Waals surface area contributed by atoms with E-state index in [9.17, 15) is 23.2 Å². The van der Waals surface area contributed by atoms with E-state index in [1.807, 2.05) is 27.7 Å². The van der Waals surface area contributed by atoms with E-state index in [4.69, 9.17) is 42.9 Å². The summed E-state index contributed by atoms with van der Waals surface area (Å²) in [5, 5.41) is 26.5. The van der Waals surface area contributed by atoms with Gasteiger partial charge in [-0.1, -0.05) is 23.2 Å². The van der Waals surface area contributed by atoms with Gasteiger partial charge in [0, 0.05) is 45.2 Å². The van der Waals surface area contributed by atoms with Crippen LogP contribution < -0.4 is 25.4 Å². The van der Waals surface area contributed by atoms with Gasteiger partial charge in [-0.25, -0.2) is 8.78 Å². The molecule has 0 saturated heterocycles. The molecule has 0 spiro atoms. The van der Waals surface area contributed by atoms with Gasteiger partial charge < -0.3 is 35.6 Å². The second-order valence-electron chi connectivity index (χ2n) is 12.7. The van der Waals surface area contributed by atoms with Crippen molar-refractivity contribution in [2.45, 2.75) is 65.8 Å². The van der Waals surface area contributed by atoms with Gasteiger partial charge >= 0.3 is 11.9 Å². The molecule has 0 aliphatic rings. The number of carboxylic acid groups (broad SMARTS) is 2. The standard InChI is InChI=1S/C19H18Br2ClFN2O4.C19H19Br2ClFNO3/c1-9(2)25-15-6-12(22)3-11(17(15)23)8-29-18-13(20)4-10(5-14(18)21)19(28)24-7-16(26)27;1-10(2)24-16-8-13(22)7-12(18(16)23)9-27-19-14(20)5-11(6-15(19)21)3-4-17(25)26/h3-6,9,25H,7-8H2,1-2H3,(H,24,28)(H,26,27);5-8,10,24H,3-4,9H2,1-2H3,(H,25,26). The van der Waals surface area contributed by atoms with Gasteiger partial charge in [0.1, 0.15) is 31.3 Å². The predicted octanol–water partition coefficient (Wildman–Crippen LogP) is 11.6. The zero-order chi connectivity index (χ0) is 41.9. The zero-order valence-electron chi connectivity index (χ0n) is 30.3. The van der Waals surface area contributed by atoms with Crippen molar-refractivity contribution in [3.8, 4) is 11.5 Å². The summed E-state index contributed by atoms with van der Waals surface area (Å²) in [4.78, 5) is 33.3. The Morgan fingerprint density at radius 3 is 1.46 bits per heavy atom. The Kier molecular flexibility index (Phi) is 18.7. The minimum absolute atomic E-state index is 0.00909. The van der Waals surface area contributed by atoms with E-state index in [0.717, 1.165) is 5.56 Å². The molecule has 0 aliphatic heterocycles. The number of aliphatic carboxylic acids is 2. The number of ether oxygens (including phenoxy) is 2. The number of halogens is 8. The number of anilines is 2. The molecule has 0 aromatic heterocycles. The molecule has 0 unspecified atom stereocenters. The molecule has 1 amide bonds. The molecule has 10 nitrogen and oxygen atoms in total. The molecule has 0 atom stereocenters. The fraction of sp³-hybridized carbons (Fsp3) is 0.289. The SMILES string of the molecule is CC(C)Nc1cc(Cl)cc(COc2c(Br)cc(C(=O)NCC(=O)O)cc2Br)c1F.CC(C)Nc1cc(Cl)cc(COc2c(Br)cc(CCC(=O)O)cc2Br)c1F. The van der Waals surface area contributed by atoms with Crippen LogP contribution in [0.5, 0.6) is 11.5 Å². The third-order valence-corrected chi connectivity index (χ3v) is 10.00. The van der Waals surface area contributed by atoms with Crippen molar-refractivity contribution in [1.29, 1.82) is 0 Å². The first kappa shape index (κ1) is 47.2. The van der Waals surface area contributed by atoms with Crippen LogP contribution in [0.25, 0.3) is 0 Å². The molecule has 5 N–H and O–H groups in total. The van der Waals surface area contributed by atoms with Gasteiger partial charge in [-0.3, -0.25) is 14.4 Å². The molecular formula is C38H37Br4Cl2F2N3O7. The van der Waals surface area contributed by atoms with Crippen molar-refractivity contribution in [3.63, 3.8) is 0 Å². The summed E-state index contributed by atoms with van der Waals surface area (Å²) < 4.78 is 43.1. The van der Waals surface area contributed by atoms with Crippen LogP contribution in [0.15, 0.2) is 66.4 Å². The van der Waals surface area contributed by atoms with Crippen LogP contribution in [0.2, 0.25) is 10.0 Å². The van der Waals surface area contributed by atoms with Gasteiger partial charge in [0.2, 0.25) is 0 Å². The maximum atomic E-state index is 14.7. The maximum Gasteiger partial charge on any atom is 0.322 e. The molecule has 4 aromatic rings. The Morgan fingerprint density at radius 1 is 0.679 bits per heavy atom. The van der Waals surface area contributed by atoms with Gasteiger partial charge in [0.15, 0.2) is 11.6 Å². The number of hydrogen-bond donors (Lipinski definition) is 5. The Labute approximate surface area is 366 Å². The average Bonchev–Trinajstić information content (AvgIpc) is 3.08. The molecule has 302 valence electrons. The largest absolute Gasteiger partial charge is 0.486 e. The molecule has 4 aromatic carbocycles. The summed E-state index contributed by atoms with van der Waals surface area (Å²) >= 11 is 25.7. The molecular weight excluding hydrogens is 1040 g/mol. The second kappa shape index (κ2) is 22.1. The quantitative estimate of drug-likeness (QED) is 0.0740. The third-order valence-electron chi connectivity index (χ3n) is 7.20. The molecule has 0 saturated carbocycles. The Bertz CT molecular complexity index is 2030. The maximum absolute atomic E-state index is 14.7. The molecule has 0 heterocycles. The number of hydrogen-bond acceptors (Lipinski definition) is 7. The molecule has 4 rings (SSSR count). The first-order chi connectivity index (χ1) is 26.2. The van der Waals surface area contributed by atoms with Crippen molar-refractivity contribution in [2.24, 2.45) is 0 Å². The van der Waals surface area contributed by atoms with E-state index < -0.39 is 36.0 Å². The van der Waals surface area contributed by atoms with Crippen LogP contribution in [0.3, 0.4) is 0 Å². The number of carbonyl (C=O) groups excluding carboxylic acids is 1. The summed E-state index contributed by atoms with van der Waals surface area (Å²) in [5.41, 5.74) is 2.30. The monoisotopic (exact) mass is 1070 g/mol. The second-order valence-corrected chi connectivity index (χ2v) is 16.9. The minimum atomic E-state index is -1.15. The lowest BCUT2D eigenvalue weighted by molar-refractivity contribution is -0.137. The lowest BCUT2D eigenvalue weighted by atomic mass is 10.1. The van der Waals surface area contributed by atoms with E-state index in [2.05, 4.69) is 79.7 Å². The van der Waals surface area contributed by atoms with Gasteiger partial charge in [-0.05, 0) is 152 Å². The van der Waals surface area contributed by atoms with Crippen LogP contribution in [0.1, 0.15) is 61.2 Å². The highest BCUT2D eigenvalue weighted by Crippen LogP contribution is 2.38. The van der Waals surface area contributed by atoms with E-state index in [1.54, 1.807) is 18.2 Å². The molecule has 0 fully saturated rings. The Hall–Kier alpha value is -3.15. The highest BCUT2D eigenvalue weighted by atomic mass is 79.9. The molecule has 18 heteroatoms. The normalized spacial score (nSPS) is 10.8. The topological polar surface area (TPSA) is 146 Å². The summed E-state index contributed by atoms with van der Waals surface area (Å²) in [7, 11) is 0. The van der Waals surface area contributed by atoms with E-state index in [0.29, 0.717) is 57.1 Å². The van der Waals surface area contributed by atoms with Gasteiger partial charge in [-0.15, -0.1) is 0 Å². The number of amides is 1. The van der Waals surface area contributed by atoms with Gasteiger partial charge in [0.25, 0.3) is 5.91 Å². The van der Waals surface area contributed by atoms with Gasteiger partial charge in [0.05, 0.1) is 29.3 Å². The van der Waals surface area contributed by atoms with Crippen molar-refractivity contribution in [2.75, 3.05) is 17.2 Å². The minimum Gasteiger partial charge on any atom is -0.486 e. The Morgan fingerprint density at radius 2 is 1.09 bits per heavy atom. The Balaban J connectivity index is 0.000000301. The number of carboxylic acids is 2. The fourth-order valence-electron chi connectivity index (χ4n) is 4.87. The van der Waals surface area contributed by atoms with E-state index in [-0.39, 0.29) is 48.5 Å². The van der Waals surface area contributed by atoms with Crippen molar-refractivity contribution in [1.82, 2.24) is 5.32 Å². The average molecular weight is 1080 g/mol. The van der Waals surface area contributed by atoms with E-state index in [1.165, 1.54) is 30.3 Å². The first-order valence-electron chi connectivity index (χ1n) is 16.7. The number of nitrogens with one attached hydrogen (secondary N) is 3.